The van der Waals surface area contributed by atoms with Crippen molar-refractivity contribution in [2.45, 2.75) is 31.7 Å². The summed E-state index contributed by atoms with van der Waals surface area (Å²) < 4.78 is 5.68. The molecule has 1 aliphatic carbocycles. The van der Waals surface area contributed by atoms with Gasteiger partial charge in [-0.05, 0) is 26.9 Å². The standard InChI is InChI=1S/C18H28N4O3/c1-20(2)14-8-22(16(24)17(10-19)6-4-5-7-17)12-18(14)11-21(3)15(23)9-25-13-18/h14H,4-9,11-13H2,1-3H3/t14-,18-/m1/s1. The number of carbonyl (C=O) groups is 2. The SMILES string of the molecule is CN1C[C@]2(COCC1=O)CN(C(=O)C1(C#N)CCCC1)C[C@H]2N(C)C. The van der Waals surface area contributed by atoms with Crippen LogP contribution in [-0.4, -0.2) is 86.5 Å². The van der Waals surface area contributed by atoms with E-state index in [0.717, 1.165) is 12.8 Å². The van der Waals surface area contributed by atoms with E-state index >= 15 is 0 Å². The van der Waals surface area contributed by atoms with E-state index in [1.807, 2.05) is 19.0 Å². The van der Waals surface area contributed by atoms with Crippen molar-refractivity contribution in [2.24, 2.45) is 10.8 Å². The second kappa shape index (κ2) is 6.58. The third-order valence-electron chi connectivity index (χ3n) is 6.19. The molecule has 7 heteroatoms. The largest absolute Gasteiger partial charge is 0.371 e. The van der Waals surface area contributed by atoms with E-state index in [0.29, 0.717) is 39.1 Å². The van der Waals surface area contributed by atoms with Gasteiger partial charge in [0.15, 0.2) is 0 Å². The topological polar surface area (TPSA) is 76.9 Å². The molecule has 2 saturated heterocycles. The van der Waals surface area contributed by atoms with Crippen LogP contribution in [0.1, 0.15) is 25.7 Å². The van der Waals surface area contributed by atoms with E-state index in [4.69, 9.17) is 4.74 Å². The van der Waals surface area contributed by atoms with E-state index in [9.17, 15) is 14.9 Å². The molecule has 2 amide bonds. The van der Waals surface area contributed by atoms with Crippen molar-refractivity contribution in [1.29, 1.82) is 5.26 Å². The first-order chi connectivity index (χ1) is 11.8. The Labute approximate surface area is 149 Å². The molecule has 7 nitrogen and oxygen atoms in total. The highest BCUT2D eigenvalue weighted by molar-refractivity contribution is 5.86. The van der Waals surface area contributed by atoms with Crippen LogP contribution in [-0.2, 0) is 14.3 Å². The summed E-state index contributed by atoms with van der Waals surface area (Å²) in [4.78, 5) is 30.9. The zero-order chi connectivity index (χ0) is 18.2. The first kappa shape index (κ1) is 18.2. The minimum absolute atomic E-state index is 0.0246. The van der Waals surface area contributed by atoms with Crippen LogP contribution in [0.25, 0.3) is 0 Å². The number of rotatable bonds is 2. The Kier molecular flexibility index (Phi) is 4.78. The van der Waals surface area contributed by atoms with Crippen molar-refractivity contribution in [2.75, 3.05) is 54.0 Å². The molecule has 0 radical (unpaired) electrons. The average molecular weight is 348 g/mol. The molecular formula is C18H28N4O3. The normalized spacial score (nSPS) is 32.3. The molecule has 1 spiro atoms. The van der Waals surface area contributed by atoms with Crippen molar-refractivity contribution in [1.82, 2.24) is 14.7 Å². The van der Waals surface area contributed by atoms with Crippen molar-refractivity contribution >= 4 is 11.8 Å². The Morgan fingerprint density at radius 1 is 1.32 bits per heavy atom. The molecule has 1 saturated carbocycles. The lowest BCUT2D eigenvalue weighted by Crippen LogP contribution is -2.51. The minimum atomic E-state index is -0.851. The Bertz CT molecular complexity index is 594. The zero-order valence-electron chi connectivity index (χ0n) is 15.5. The molecule has 0 aromatic heterocycles. The fraction of sp³-hybridized carbons (Fsp3) is 0.833. The molecule has 3 fully saturated rings. The van der Waals surface area contributed by atoms with E-state index < -0.39 is 5.41 Å². The second-order valence-electron chi connectivity index (χ2n) is 8.17. The van der Waals surface area contributed by atoms with Gasteiger partial charge in [-0.25, -0.2) is 0 Å². The summed E-state index contributed by atoms with van der Waals surface area (Å²) in [7, 11) is 5.80. The van der Waals surface area contributed by atoms with Gasteiger partial charge in [-0.3, -0.25) is 9.59 Å². The van der Waals surface area contributed by atoms with E-state index in [-0.39, 0.29) is 29.9 Å². The van der Waals surface area contributed by atoms with E-state index in [1.54, 1.807) is 11.9 Å². The summed E-state index contributed by atoms with van der Waals surface area (Å²) >= 11 is 0. The lowest BCUT2D eigenvalue weighted by molar-refractivity contribution is -0.138. The molecule has 138 valence electrons. The van der Waals surface area contributed by atoms with Gasteiger partial charge in [0.25, 0.3) is 0 Å². The third kappa shape index (κ3) is 3.02. The van der Waals surface area contributed by atoms with Crippen LogP contribution in [0.15, 0.2) is 0 Å². The highest BCUT2D eigenvalue weighted by Gasteiger charge is 2.54. The lowest BCUT2D eigenvalue weighted by atomic mass is 9.82. The maximum absolute atomic E-state index is 13.2. The molecule has 3 rings (SSSR count). The molecule has 0 bridgehead atoms. The Morgan fingerprint density at radius 2 is 2.00 bits per heavy atom. The van der Waals surface area contributed by atoms with Gasteiger partial charge >= 0.3 is 0 Å². The van der Waals surface area contributed by atoms with Gasteiger partial charge in [-0.2, -0.15) is 5.26 Å². The number of nitriles is 1. The molecule has 3 aliphatic rings. The second-order valence-corrected chi connectivity index (χ2v) is 8.17. The van der Waals surface area contributed by atoms with Gasteiger partial charge < -0.3 is 19.4 Å². The van der Waals surface area contributed by atoms with Crippen molar-refractivity contribution in [3.63, 3.8) is 0 Å². The van der Waals surface area contributed by atoms with Gasteiger partial charge in [-0.1, -0.05) is 12.8 Å². The number of carbonyl (C=O) groups excluding carboxylic acids is 2. The maximum Gasteiger partial charge on any atom is 0.248 e. The predicted molar refractivity (Wildman–Crippen MR) is 91.5 cm³/mol. The number of likely N-dealkylation sites (N-methyl/N-ethyl adjacent to an activating group) is 2. The highest BCUT2D eigenvalue weighted by atomic mass is 16.5. The van der Waals surface area contributed by atoms with Crippen molar-refractivity contribution in [3.05, 3.63) is 0 Å². The van der Waals surface area contributed by atoms with Crippen molar-refractivity contribution < 1.29 is 14.3 Å². The molecule has 0 aromatic carbocycles. The first-order valence-corrected chi connectivity index (χ1v) is 9.02. The fourth-order valence-electron chi connectivity index (χ4n) is 4.83. The summed E-state index contributed by atoms with van der Waals surface area (Å²) in [6.07, 6.45) is 3.20. The number of hydrogen-bond acceptors (Lipinski definition) is 5. The Hall–Kier alpha value is -1.65. The molecule has 2 atom stereocenters. The van der Waals surface area contributed by atoms with Crippen LogP contribution in [0.2, 0.25) is 0 Å². The van der Waals surface area contributed by atoms with Crippen LogP contribution in [0.3, 0.4) is 0 Å². The van der Waals surface area contributed by atoms with E-state index in [1.165, 1.54) is 0 Å². The molecule has 0 aromatic rings. The predicted octanol–water partition coefficient (Wildman–Crippen LogP) is 0.318. The number of hydrogen-bond donors (Lipinski definition) is 0. The molecule has 25 heavy (non-hydrogen) atoms. The first-order valence-electron chi connectivity index (χ1n) is 9.02. The molecule has 2 aliphatic heterocycles. The Morgan fingerprint density at radius 3 is 2.60 bits per heavy atom. The molecule has 0 N–H and O–H groups in total. The quantitative estimate of drug-likeness (QED) is 0.718. The summed E-state index contributed by atoms with van der Waals surface area (Å²) in [5.74, 6) is -0.0575. The number of ether oxygens (including phenoxy) is 1. The highest BCUT2D eigenvalue weighted by Crippen LogP contribution is 2.43. The van der Waals surface area contributed by atoms with Crippen LogP contribution in [0, 0.1) is 22.2 Å². The number of likely N-dealkylation sites (tertiary alicyclic amines) is 1. The summed E-state index contributed by atoms with van der Waals surface area (Å²) in [6, 6.07) is 2.42. The van der Waals surface area contributed by atoms with E-state index in [2.05, 4.69) is 11.0 Å². The smallest absolute Gasteiger partial charge is 0.248 e. The van der Waals surface area contributed by atoms with Gasteiger partial charge in [0.05, 0.1) is 12.7 Å². The van der Waals surface area contributed by atoms with Crippen LogP contribution >= 0.6 is 0 Å². The molecular weight excluding hydrogens is 320 g/mol. The van der Waals surface area contributed by atoms with Gasteiger partial charge in [0.1, 0.15) is 12.0 Å². The monoisotopic (exact) mass is 348 g/mol. The van der Waals surface area contributed by atoms with Gasteiger partial charge in [-0.15, -0.1) is 0 Å². The average Bonchev–Trinajstić information content (AvgIpc) is 3.16. The lowest BCUT2D eigenvalue weighted by Gasteiger charge is -2.38. The molecule has 2 heterocycles. The number of amides is 2. The van der Waals surface area contributed by atoms with Crippen LogP contribution in [0.4, 0.5) is 0 Å². The van der Waals surface area contributed by atoms with Crippen LogP contribution < -0.4 is 0 Å². The third-order valence-corrected chi connectivity index (χ3v) is 6.19. The van der Waals surface area contributed by atoms with Crippen LogP contribution in [0.5, 0.6) is 0 Å². The van der Waals surface area contributed by atoms with Crippen molar-refractivity contribution in [3.8, 4) is 6.07 Å². The summed E-state index contributed by atoms with van der Waals surface area (Å²) in [5, 5.41) is 9.66. The Balaban J connectivity index is 1.87. The maximum atomic E-state index is 13.2. The minimum Gasteiger partial charge on any atom is -0.371 e. The fourth-order valence-corrected chi connectivity index (χ4v) is 4.83. The summed E-state index contributed by atoms with van der Waals surface area (Å²) in [6.45, 7) is 2.23. The summed E-state index contributed by atoms with van der Waals surface area (Å²) in [5.41, 5.74) is -1.16. The number of nitrogens with zero attached hydrogens (tertiary/aromatic N) is 4. The zero-order valence-corrected chi connectivity index (χ0v) is 15.5. The van der Waals surface area contributed by atoms with Gasteiger partial charge in [0, 0.05) is 38.1 Å². The van der Waals surface area contributed by atoms with Gasteiger partial charge in [0.2, 0.25) is 11.8 Å². The molecule has 0 unspecified atom stereocenters.